The first-order chi connectivity index (χ1) is 11.0. The van der Waals surface area contributed by atoms with Gasteiger partial charge in [-0.15, -0.1) is 0 Å². The molecule has 116 valence electrons. The number of nitrogens with zero attached hydrogens (tertiary/aromatic N) is 2. The first-order valence-electron chi connectivity index (χ1n) is 6.90. The van der Waals surface area contributed by atoms with Crippen molar-refractivity contribution >= 4 is 17.2 Å². The maximum absolute atomic E-state index is 13.4. The summed E-state index contributed by atoms with van der Waals surface area (Å²) in [6, 6.07) is 11.3. The minimum Gasteiger partial charge on any atom is -0.389 e. The zero-order valence-electron chi connectivity index (χ0n) is 12.0. The van der Waals surface area contributed by atoms with Crippen LogP contribution in [0.2, 0.25) is 0 Å². The number of imidazole rings is 1. The summed E-state index contributed by atoms with van der Waals surface area (Å²) in [5.74, 6) is -1.21. The van der Waals surface area contributed by atoms with Gasteiger partial charge in [0.25, 0.3) is 0 Å². The van der Waals surface area contributed by atoms with Crippen LogP contribution >= 0.6 is 12.2 Å². The summed E-state index contributed by atoms with van der Waals surface area (Å²) in [5, 5.41) is 0. The Morgan fingerprint density at radius 3 is 2.70 bits per heavy atom. The fraction of sp³-hybridized carbons (Fsp3) is 0.0588. The predicted octanol–water partition coefficient (Wildman–Crippen LogP) is 3.51. The third-order valence-corrected chi connectivity index (χ3v) is 3.69. The van der Waals surface area contributed by atoms with E-state index in [0.717, 1.165) is 23.3 Å². The molecule has 0 aliphatic heterocycles. The van der Waals surface area contributed by atoms with Gasteiger partial charge in [-0.1, -0.05) is 30.4 Å². The molecule has 23 heavy (non-hydrogen) atoms. The standard InChI is InChI=1S/C17H13F2N3S/c18-14-5-4-13(9-15(14)19)17-21-6-7-22(17)10-11-2-1-3-12(8-11)16(20)23/h1-9H,10H2,(H2,20,23). The van der Waals surface area contributed by atoms with E-state index < -0.39 is 11.6 Å². The van der Waals surface area contributed by atoms with Crippen LogP contribution in [0.3, 0.4) is 0 Å². The van der Waals surface area contributed by atoms with Crippen molar-refractivity contribution in [2.75, 3.05) is 0 Å². The van der Waals surface area contributed by atoms with Crippen molar-refractivity contribution in [2.45, 2.75) is 6.54 Å². The summed E-state index contributed by atoms with van der Waals surface area (Å²) in [7, 11) is 0. The zero-order valence-corrected chi connectivity index (χ0v) is 12.9. The highest BCUT2D eigenvalue weighted by Crippen LogP contribution is 2.21. The molecular formula is C17H13F2N3S. The van der Waals surface area contributed by atoms with Gasteiger partial charge in [-0.2, -0.15) is 0 Å². The molecule has 3 nitrogen and oxygen atoms in total. The molecule has 0 bridgehead atoms. The summed E-state index contributed by atoms with van der Waals surface area (Å²) in [4.78, 5) is 4.57. The highest BCUT2D eigenvalue weighted by atomic mass is 32.1. The molecule has 2 N–H and O–H groups in total. The van der Waals surface area contributed by atoms with Crippen molar-refractivity contribution in [1.29, 1.82) is 0 Å². The Hall–Kier alpha value is -2.60. The fourth-order valence-electron chi connectivity index (χ4n) is 2.35. The number of hydrogen-bond donors (Lipinski definition) is 1. The zero-order chi connectivity index (χ0) is 16.4. The third-order valence-electron chi connectivity index (χ3n) is 3.46. The molecule has 0 saturated heterocycles. The van der Waals surface area contributed by atoms with Gasteiger partial charge in [0.1, 0.15) is 10.8 Å². The van der Waals surface area contributed by atoms with Gasteiger partial charge in [0.05, 0.1) is 0 Å². The Balaban J connectivity index is 1.93. The molecule has 0 atom stereocenters. The van der Waals surface area contributed by atoms with Gasteiger partial charge in [-0.3, -0.25) is 0 Å². The molecule has 6 heteroatoms. The van der Waals surface area contributed by atoms with Gasteiger partial charge >= 0.3 is 0 Å². The van der Waals surface area contributed by atoms with Crippen molar-refractivity contribution in [2.24, 2.45) is 5.73 Å². The van der Waals surface area contributed by atoms with E-state index in [1.54, 1.807) is 12.4 Å². The first kappa shape index (κ1) is 15.3. The van der Waals surface area contributed by atoms with E-state index in [-0.39, 0.29) is 0 Å². The monoisotopic (exact) mass is 329 g/mol. The minimum absolute atomic E-state index is 0.332. The lowest BCUT2D eigenvalue weighted by Gasteiger charge is -2.09. The maximum atomic E-state index is 13.4. The average molecular weight is 329 g/mol. The van der Waals surface area contributed by atoms with Crippen LogP contribution in [0, 0.1) is 11.6 Å². The van der Waals surface area contributed by atoms with Crippen molar-refractivity contribution in [3.63, 3.8) is 0 Å². The lowest BCUT2D eigenvalue weighted by atomic mass is 10.1. The molecule has 0 amide bonds. The van der Waals surface area contributed by atoms with Crippen LogP contribution in [0.25, 0.3) is 11.4 Å². The second kappa shape index (κ2) is 6.26. The van der Waals surface area contributed by atoms with E-state index in [2.05, 4.69) is 4.98 Å². The van der Waals surface area contributed by atoms with E-state index >= 15 is 0 Å². The van der Waals surface area contributed by atoms with Crippen LogP contribution in [0.1, 0.15) is 11.1 Å². The second-order valence-electron chi connectivity index (χ2n) is 5.07. The van der Waals surface area contributed by atoms with Crippen molar-refractivity contribution in [3.8, 4) is 11.4 Å². The van der Waals surface area contributed by atoms with E-state index in [1.165, 1.54) is 6.07 Å². The van der Waals surface area contributed by atoms with Crippen molar-refractivity contribution < 1.29 is 8.78 Å². The Kier molecular flexibility index (Phi) is 4.16. The highest BCUT2D eigenvalue weighted by Gasteiger charge is 2.10. The lowest BCUT2D eigenvalue weighted by molar-refractivity contribution is 0.509. The van der Waals surface area contributed by atoms with E-state index in [0.29, 0.717) is 22.9 Å². The maximum Gasteiger partial charge on any atom is 0.159 e. The number of rotatable bonds is 4. The molecule has 1 heterocycles. The average Bonchev–Trinajstić information content (AvgIpc) is 2.98. The van der Waals surface area contributed by atoms with Crippen LogP contribution in [0.15, 0.2) is 54.9 Å². The van der Waals surface area contributed by atoms with Crippen LogP contribution in [-0.2, 0) is 6.54 Å². The van der Waals surface area contributed by atoms with E-state index in [9.17, 15) is 8.78 Å². The Labute approximate surface area is 137 Å². The molecule has 0 spiro atoms. The van der Waals surface area contributed by atoms with Crippen LogP contribution < -0.4 is 5.73 Å². The molecule has 1 aromatic heterocycles. The molecule has 3 rings (SSSR count). The summed E-state index contributed by atoms with van der Waals surface area (Å²) in [5.41, 5.74) is 7.92. The van der Waals surface area contributed by atoms with Gasteiger partial charge in [-0.25, -0.2) is 13.8 Å². The predicted molar refractivity (Wildman–Crippen MR) is 89.0 cm³/mol. The summed E-state index contributed by atoms with van der Waals surface area (Å²) in [6.07, 6.45) is 3.40. The number of aromatic nitrogens is 2. The normalized spacial score (nSPS) is 10.7. The SMILES string of the molecule is NC(=S)c1cccc(Cn2ccnc2-c2ccc(F)c(F)c2)c1. The highest BCUT2D eigenvalue weighted by molar-refractivity contribution is 7.80. The fourth-order valence-corrected chi connectivity index (χ4v) is 2.48. The van der Waals surface area contributed by atoms with E-state index in [1.807, 2.05) is 28.8 Å². The van der Waals surface area contributed by atoms with Crippen molar-refractivity contribution in [1.82, 2.24) is 9.55 Å². The Morgan fingerprint density at radius 2 is 1.96 bits per heavy atom. The topological polar surface area (TPSA) is 43.8 Å². The third kappa shape index (κ3) is 3.27. The minimum atomic E-state index is -0.896. The van der Waals surface area contributed by atoms with Crippen LogP contribution in [0.5, 0.6) is 0 Å². The number of benzene rings is 2. The molecule has 0 aliphatic carbocycles. The van der Waals surface area contributed by atoms with Crippen LogP contribution in [-0.4, -0.2) is 14.5 Å². The first-order valence-corrected chi connectivity index (χ1v) is 7.31. The summed E-state index contributed by atoms with van der Waals surface area (Å²) in [6.45, 7) is 0.519. The molecule has 0 unspecified atom stereocenters. The Morgan fingerprint density at radius 1 is 1.13 bits per heavy atom. The van der Waals surface area contributed by atoms with Crippen LogP contribution in [0.4, 0.5) is 8.78 Å². The summed E-state index contributed by atoms with van der Waals surface area (Å²) >= 11 is 4.98. The number of thiocarbonyl (C=S) groups is 1. The largest absolute Gasteiger partial charge is 0.389 e. The second-order valence-corrected chi connectivity index (χ2v) is 5.51. The lowest BCUT2D eigenvalue weighted by Crippen LogP contribution is -2.10. The molecule has 0 fully saturated rings. The summed E-state index contributed by atoms with van der Waals surface area (Å²) < 4.78 is 28.4. The van der Waals surface area contributed by atoms with E-state index in [4.69, 9.17) is 18.0 Å². The number of nitrogens with two attached hydrogens (primary N) is 1. The van der Waals surface area contributed by atoms with Gasteiger partial charge in [0.15, 0.2) is 11.6 Å². The molecule has 3 aromatic rings. The number of halogens is 2. The smallest absolute Gasteiger partial charge is 0.159 e. The quantitative estimate of drug-likeness (QED) is 0.745. The van der Waals surface area contributed by atoms with Gasteiger partial charge in [0, 0.05) is 30.1 Å². The molecule has 0 aliphatic rings. The molecular weight excluding hydrogens is 316 g/mol. The molecule has 0 radical (unpaired) electrons. The van der Waals surface area contributed by atoms with Gasteiger partial charge in [-0.05, 0) is 29.8 Å². The Bertz CT molecular complexity index is 874. The van der Waals surface area contributed by atoms with Crippen molar-refractivity contribution in [3.05, 3.63) is 77.6 Å². The van der Waals surface area contributed by atoms with Gasteiger partial charge < -0.3 is 10.3 Å². The number of hydrogen-bond acceptors (Lipinski definition) is 2. The molecule has 2 aromatic carbocycles. The molecule has 0 saturated carbocycles. The van der Waals surface area contributed by atoms with Gasteiger partial charge in [0.2, 0.25) is 0 Å².